The molecule has 1 fully saturated rings. The van der Waals surface area contributed by atoms with Gasteiger partial charge in [-0.1, -0.05) is 24.3 Å². The van der Waals surface area contributed by atoms with Gasteiger partial charge in [0.25, 0.3) is 11.7 Å². The van der Waals surface area contributed by atoms with Gasteiger partial charge >= 0.3 is 0 Å². The summed E-state index contributed by atoms with van der Waals surface area (Å²) in [7, 11) is 1.49. The molecule has 1 N–H and O–H groups in total. The van der Waals surface area contributed by atoms with E-state index < -0.39 is 11.7 Å². The van der Waals surface area contributed by atoms with E-state index in [4.69, 9.17) is 4.74 Å². The number of carbonyl (C=O) groups excluding carboxylic acids is 2. The number of aromatic nitrogens is 7. The van der Waals surface area contributed by atoms with E-state index in [9.17, 15) is 9.59 Å². The van der Waals surface area contributed by atoms with Crippen LogP contribution < -0.4 is 9.64 Å². The summed E-state index contributed by atoms with van der Waals surface area (Å²) in [6.45, 7) is 3.63. The minimum atomic E-state index is -0.616. The molecule has 1 amide bonds. The van der Waals surface area contributed by atoms with Crippen molar-refractivity contribution >= 4 is 39.2 Å². The van der Waals surface area contributed by atoms with Crippen LogP contribution >= 0.6 is 0 Å². The maximum absolute atomic E-state index is 13.4. The summed E-state index contributed by atoms with van der Waals surface area (Å²) in [6.07, 6.45) is 6.30. The van der Waals surface area contributed by atoms with Gasteiger partial charge < -0.3 is 19.5 Å². The summed E-state index contributed by atoms with van der Waals surface area (Å²) in [6, 6.07) is 7.93. The van der Waals surface area contributed by atoms with Gasteiger partial charge in [0.2, 0.25) is 0 Å². The molecule has 12 heteroatoms. The van der Waals surface area contributed by atoms with Crippen molar-refractivity contribution in [3.05, 3.63) is 60.6 Å². The zero-order valence-corrected chi connectivity index (χ0v) is 20.2. The molecule has 5 aromatic rings. The number of nitrogens with zero attached hydrogens (tertiary/aromatic N) is 8. The highest BCUT2D eigenvalue weighted by atomic mass is 16.5. The van der Waals surface area contributed by atoms with Crippen LogP contribution in [0.1, 0.15) is 16.2 Å². The van der Waals surface area contributed by atoms with Gasteiger partial charge in [-0.3, -0.25) is 9.59 Å². The first-order chi connectivity index (χ1) is 18.0. The number of Topliss-reactive ketones (excluding diaryl/α,β-unsaturated/α-hetero) is 1. The third-order valence-electron chi connectivity index (χ3n) is 6.55. The van der Waals surface area contributed by atoms with Crippen LogP contribution in [0, 0.1) is 6.92 Å². The van der Waals surface area contributed by atoms with Crippen LogP contribution in [0.3, 0.4) is 0 Å². The summed E-state index contributed by atoms with van der Waals surface area (Å²) in [5, 5.41) is 15.3. The van der Waals surface area contributed by atoms with Crippen molar-refractivity contribution in [2.24, 2.45) is 0 Å². The standard InChI is InChI=1S/C25H23N9O3/c1-15-28-14-34(31-15)24-21-20(19(37-2)13-27-24)18(12-26-21)22(35)25(36)33-9-7-32(8-10-33)23-17-6-4-3-5-16(17)11-29-30-23/h3-6,11-14,26H,7-10H2,1-2H3. The number of amides is 1. The number of aromatic amines is 1. The first-order valence-corrected chi connectivity index (χ1v) is 11.8. The van der Waals surface area contributed by atoms with Crippen molar-refractivity contribution in [3.63, 3.8) is 0 Å². The van der Waals surface area contributed by atoms with E-state index in [1.54, 1.807) is 18.0 Å². The molecule has 0 atom stereocenters. The molecule has 1 aliphatic heterocycles. The Morgan fingerprint density at radius 3 is 2.59 bits per heavy atom. The van der Waals surface area contributed by atoms with Gasteiger partial charge in [0.1, 0.15) is 17.9 Å². The van der Waals surface area contributed by atoms with Crippen LogP contribution in [0.2, 0.25) is 0 Å². The second-order valence-electron chi connectivity index (χ2n) is 8.70. The quantitative estimate of drug-likeness (QED) is 0.285. The van der Waals surface area contributed by atoms with E-state index >= 15 is 0 Å². The van der Waals surface area contributed by atoms with Crippen molar-refractivity contribution in [1.82, 2.24) is 39.8 Å². The average molecular weight is 498 g/mol. The van der Waals surface area contributed by atoms with Crippen LogP contribution in [0.4, 0.5) is 5.82 Å². The molecule has 37 heavy (non-hydrogen) atoms. The first-order valence-electron chi connectivity index (χ1n) is 11.8. The number of carbonyl (C=O) groups is 2. The van der Waals surface area contributed by atoms with E-state index in [2.05, 4.69) is 35.1 Å². The molecule has 12 nitrogen and oxygen atoms in total. The fourth-order valence-electron chi connectivity index (χ4n) is 4.69. The van der Waals surface area contributed by atoms with E-state index in [1.165, 1.54) is 30.5 Å². The minimum absolute atomic E-state index is 0.222. The molecule has 5 heterocycles. The Bertz CT molecular complexity index is 1640. The average Bonchev–Trinajstić information content (AvgIpc) is 3.58. The van der Waals surface area contributed by atoms with E-state index in [-0.39, 0.29) is 5.56 Å². The van der Waals surface area contributed by atoms with Crippen molar-refractivity contribution in [2.75, 3.05) is 38.2 Å². The summed E-state index contributed by atoms with van der Waals surface area (Å²) < 4.78 is 6.98. The van der Waals surface area contributed by atoms with Crippen LogP contribution in [0.5, 0.6) is 5.75 Å². The number of nitrogens with one attached hydrogen (secondary N) is 1. The normalized spacial score (nSPS) is 13.9. The topological polar surface area (TPSA) is 135 Å². The Hall–Kier alpha value is -4.87. The summed E-state index contributed by atoms with van der Waals surface area (Å²) in [5.41, 5.74) is 0.749. The van der Waals surface area contributed by atoms with E-state index in [0.29, 0.717) is 54.5 Å². The lowest BCUT2D eigenvalue weighted by Gasteiger charge is -2.35. The number of fused-ring (bicyclic) bond motifs is 2. The highest BCUT2D eigenvalue weighted by molar-refractivity contribution is 6.45. The highest BCUT2D eigenvalue weighted by Gasteiger charge is 2.31. The Morgan fingerprint density at radius 1 is 1.03 bits per heavy atom. The molecule has 0 spiro atoms. The Labute approximate surface area is 210 Å². The predicted octanol–water partition coefficient (Wildman–Crippen LogP) is 1.94. The van der Waals surface area contributed by atoms with Crippen molar-refractivity contribution < 1.29 is 14.3 Å². The van der Waals surface area contributed by atoms with Gasteiger partial charge in [-0.05, 0) is 6.92 Å². The largest absolute Gasteiger partial charge is 0.494 e. The molecule has 1 saturated heterocycles. The maximum Gasteiger partial charge on any atom is 0.295 e. The van der Waals surface area contributed by atoms with Crippen LogP contribution in [0.25, 0.3) is 27.5 Å². The number of pyridine rings is 1. The number of methoxy groups -OCH3 is 1. The number of ether oxygens (including phenoxy) is 1. The fourth-order valence-corrected chi connectivity index (χ4v) is 4.69. The lowest BCUT2D eigenvalue weighted by atomic mass is 10.1. The second-order valence-corrected chi connectivity index (χ2v) is 8.70. The Balaban J connectivity index is 1.25. The highest BCUT2D eigenvalue weighted by Crippen LogP contribution is 2.32. The van der Waals surface area contributed by atoms with Gasteiger partial charge in [0.15, 0.2) is 11.6 Å². The van der Waals surface area contributed by atoms with Gasteiger partial charge in [0, 0.05) is 43.1 Å². The number of rotatable bonds is 5. The molecule has 1 aliphatic rings. The number of ketones is 1. The number of piperazine rings is 1. The van der Waals surface area contributed by atoms with Gasteiger partial charge in [-0.15, -0.1) is 5.10 Å². The lowest BCUT2D eigenvalue weighted by molar-refractivity contribution is -0.126. The van der Waals surface area contributed by atoms with Crippen molar-refractivity contribution in [1.29, 1.82) is 0 Å². The molecule has 186 valence electrons. The second kappa shape index (κ2) is 8.97. The summed E-state index contributed by atoms with van der Waals surface area (Å²) in [4.78, 5) is 42.0. The molecule has 0 aliphatic carbocycles. The number of H-pyrrole nitrogens is 1. The maximum atomic E-state index is 13.4. The van der Waals surface area contributed by atoms with E-state index in [1.807, 2.05) is 24.3 Å². The van der Waals surface area contributed by atoms with Gasteiger partial charge in [-0.2, -0.15) is 10.2 Å². The molecule has 0 radical (unpaired) electrons. The predicted molar refractivity (Wildman–Crippen MR) is 135 cm³/mol. The minimum Gasteiger partial charge on any atom is -0.494 e. The zero-order chi connectivity index (χ0) is 25.5. The Kier molecular flexibility index (Phi) is 5.48. The third kappa shape index (κ3) is 3.82. The van der Waals surface area contributed by atoms with Crippen LogP contribution in [-0.2, 0) is 4.79 Å². The van der Waals surface area contributed by atoms with Crippen LogP contribution in [-0.4, -0.2) is 84.8 Å². The Morgan fingerprint density at radius 2 is 1.84 bits per heavy atom. The first kappa shape index (κ1) is 22.6. The number of anilines is 1. The molecular weight excluding hydrogens is 474 g/mol. The van der Waals surface area contributed by atoms with E-state index in [0.717, 1.165) is 16.6 Å². The third-order valence-corrected chi connectivity index (χ3v) is 6.55. The van der Waals surface area contributed by atoms with Crippen LogP contribution in [0.15, 0.2) is 49.2 Å². The number of benzene rings is 1. The molecule has 0 saturated carbocycles. The molecule has 0 unspecified atom stereocenters. The number of aryl methyl sites for hydroxylation is 1. The fraction of sp³-hybridized carbons (Fsp3) is 0.240. The summed E-state index contributed by atoms with van der Waals surface area (Å²) >= 11 is 0. The molecular formula is C25H23N9O3. The van der Waals surface area contributed by atoms with Gasteiger partial charge in [-0.25, -0.2) is 14.6 Å². The lowest BCUT2D eigenvalue weighted by Crippen LogP contribution is -2.51. The van der Waals surface area contributed by atoms with Crippen molar-refractivity contribution in [2.45, 2.75) is 6.92 Å². The molecule has 4 aromatic heterocycles. The summed E-state index contributed by atoms with van der Waals surface area (Å²) in [5.74, 6) is 1.01. The SMILES string of the molecule is COc1cnc(-n2cnc(C)n2)c2[nH]cc(C(=O)C(=O)N3CCN(c4nncc5ccccc45)CC3)c12. The number of hydrogen-bond acceptors (Lipinski definition) is 9. The number of hydrogen-bond donors (Lipinski definition) is 1. The monoisotopic (exact) mass is 497 g/mol. The van der Waals surface area contributed by atoms with Gasteiger partial charge in [0.05, 0.1) is 36.0 Å². The molecule has 0 bridgehead atoms. The smallest absolute Gasteiger partial charge is 0.295 e. The molecule has 1 aromatic carbocycles. The molecule has 6 rings (SSSR count). The van der Waals surface area contributed by atoms with Crippen molar-refractivity contribution in [3.8, 4) is 11.6 Å². The zero-order valence-electron chi connectivity index (χ0n) is 20.2.